The van der Waals surface area contributed by atoms with E-state index in [9.17, 15) is 4.79 Å². The Bertz CT molecular complexity index is 478. The fourth-order valence-electron chi connectivity index (χ4n) is 2.44. The van der Waals surface area contributed by atoms with Crippen LogP contribution in [-0.2, 0) is 0 Å². The van der Waals surface area contributed by atoms with Crippen molar-refractivity contribution in [2.75, 3.05) is 32.1 Å². The summed E-state index contributed by atoms with van der Waals surface area (Å²) < 4.78 is 0. The molecule has 0 N–H and O–H groups in total. The van der Waals surface area contributed by atoms with Crippen molar-refractivity contribution in [3.8, 4) is 0 Å². The number of likely N-dealkylation sites (N-methyl/N-ethyl adjacent to an activating group) is 1. The molecule has 1 aromatic rings. The SMILES string of the molecule is Cc1nc(Cl)c(C=O)c(N2CCCC(N(C)C)C2)n1. The number of rotatable bonds is 3. The van der Waals surface area contributed by atoms with Crippen molar-refractivity contribution in [1.82, 2.24) is 14.9 Å². The standard InChI is InChI=1S/C13H19ClN4O/c1-9-15-12(14)11(8-19)13(16-9)18-6-4-5-10(7-18)17(2)3/h8,10H,4-7H2,1-3H3. The Balaban J connectivity index is 2.33. The van der Waals surface area contributed by atoms with E-state index in [-0.39, 0.29) is 5.15 Å². The van der Waals surface area contributed by atoms with E-state index < -0.39 is 0 Å². The van der Waals surface area contributed by atoms with Gasteiger partial charge in [0.05, 0.1) is 5.56 Å². The molecule has 0 radical (unpaired) electrons. The molecule has 1 fully saturated rings. The highest BCUT2D eigenvalue weighted by molar-refractivity contribution is 6.32. The summed E-state index contributed by atoms with van der Waals surface area (Å²) in [7, 11) is 4.15. The van der Waals surface area contributed by atoms with Crippen LogP contribution in [0, 0.1) is 6.92 Å². The van der Waals surface area contributed by atoms with Gasteiger partial charge in [-0.2, -0.15) is 0 Å². The second-order valence-electron chi connectivity index (χ2n) is 5.12. The van der Waals surface area contributed by atoms with Crippen molar-refractivity contribution in [2.24, 2.45) is 0 Å². The summed E-state index contributed by atoms with van der Waals surface area (Å²) in [6.07, 6.45) is 3.00. The molecule has 1 aliphatic rings. The zero-order chi connectivity index (χ0) is 14.0. The number of hydrogen-bond acceptors (Lipinski definition) is 5. The second-order valence-corrected chi connectivity index (χ2v) is 5.48. The largest absolute Gasteiger partial charge is 0.354 e. The van der Waals surface area contributed by atoms with Crippen LogP contribution < -0.4 is 4.90 Å². The molecule has 19 heavy (non-hydrogen) atoms. The number of piperidine rings is 1. The van der Waals surface area contributed by atoms with Crippen LogP contribution >= 0.6 is 11.6 Å². The van der Waals surface area contributed by atoms with Gasteiger partial charge >= 0.3 is 0 Å². The van der Waals surface area contributed by atoms with E-state index in [1.165, 1.54) is 0 Å². The maximum absolute atomic E-state index is 11.2. The Labute approximate surface area is 118 Å². The highest BCUT2D eigenvalue weighted by atomic mass is 35.5. The van der Waals surface area contributed by atoms with Crippen LogP contribution in [0.3, 0.4) is 0 Å². The van der Waals surface area contributed by atoms with Crippen LogP contribution in [0.5, 0.6) is 0 Å². The molecule has 6 heteroatoms. The maximum Gasteiger partial charge on any atom is 0.156 e. The lowest BCUT2D eigenvalue weighted by Crippen LogP contribution is -2.45. The number of aromatic nitrogens is 2. The van der Waals surface area contributed by atoms with Gasteiger partial charge in [0.2, 0.25) is 0 Å². The number of anilines is 1. The minimum Gasteiger partial charge on any atom is -0.354 e. The average molecular weight is 283 g/mol. The molecule has 1 atom stereocenters. The molecule has 0 saturated carbocycles. The van der Waals surface area contributed by atoms with Crippen molar-refractivity contribution >= 4 is 23.7 Å². The van der Waals surface area contributed by atoms with Gasteiger partial charge in [-0.05, 0) is 33.9 Å². The minimum absolute atomic E-state index is 0.240. The molecule has 104 valence electrons. The number of nitrogens with zero attached hydrogens (tertiary/aromatic N) is 4. The Hall–Kier alpha value is -1.20. The second kappa shape index (κ2) is 5.84. The maximum atomic E-state index is 11.2. The van der Waals surface area contributed by atoms with Crippen molar-refractivity contribution in [3.05, 3.63) is 16.5 Å². The zero-order valence-electron chi connectivity index (χ0n) is 11.6. The van der Waals surface area contributed by atoms with Crippen LogP contribution in [-0.4, -0.2) is 54.4 Å². The van der Waals surface area contributed by atoms with Gasteiger partial charge < -0.3 is 9.80 Å². The molecule has 0 aromatic carbocycles. The predicted molar refractivity (Wildman–Crippen MR) is 76.1 cm³/mol. The Kier molecular flexibility index (Phi) is 4.37. The lowest BCUT2D eigenvalue weighted by atomic mass is 10.0. The fraction of sp³-hybridized carbons (Fsp3) is 0.615. The lowest BCUT2D eigenvalue weighted by molar-refractivity contribution is 0.112. The third-order valence-electron chi connectivity index (χ3n) is 3.54. The van der Waals surface area contributed by atoms with Gasteiger partial charge in [0, 0.05) is 19.1 Å². The Morgan fingerprint density at radius 2 is 2.16 bits per heavy atom. The fourth-order valence-corrected chi connectivity index (χ4v) is 2.70. The molecule has 0 spiro atoms. The van der Waals surface area contributed by atoms with Crippen LogP contribution in [0.1, 0.15) is 29.0 Å². The normalized spacial score (nSPS) is 19.8. The van der Waals surface area contributed by atoms with Gasteiger partial charge in [-0.15, -0.1) is 0 Å². The number of carbonyl (C=O) groups excluding carboxylic acids is 1. The number of halogens is 1. The Morgan fingerprint density at radius 1 is 1.42 bits per heavy atom. The summed E-state index contributed by atoms with van der Waals surface area (Å²) in [5.74, 6) is 1.26. The summed E-state index contributed by atoms with van der Waals surface area (Å²) in [5, 5.41) is 0.240. The van der Waals surface area contributed by atoms with Crippen LogP contribution in [0.25, 0.3) is 0 Å². The molecule has 0 amide bonds. The Morgan fingerprint density at radius 3 is 2.79 bits per heavy atom. The summed E-state index contributed by atoms with van der Waals surface area (Å²) in [4.78, 5) is 24.0. The molecule has 2 heterocycles. The first-order valence-electron chi connectivity index (χ1n) is 6.43. The zero-order valence-corrected chi connectivity index (χ0v) is 12.3. The minimum atomic E-state index is 0.240. The predicted octanol–water partition coefficient (Wildman–Crippen LogP) is 1.78. The van der Waals surface area contributed by atoms with Gasteiger partial charge in [0.25, 0.3) is 0 Å². The highest BCUT2D eigenvalue weighted by Crippen LogP contribution is 2.26. The third-order valence-corrected chi connectivity index (χ3v) is 3.82. The summed E-state index contributed by atoms with van der Waals surface area (Å²) in [6, 6.07) is 0.474. The van der Waals surface area contributed by atoms with Gasteiger partial charge in [-0.25, -0.2) is 9.97 Å². The van der Waals surface area contributed by atoms with E-state index in [4.69, 9.17) is 11.6 Å². The van der Waals surface area contributed by atoms with Crippen LogP contribution in [0.15, 0.2) is 0 Å². The lowest BCUT2D eigenvalue weighted by Gasteiger charge is -2.37. The van der Waals surface area contributed by atoms with E-state index >= 15 is 0 Å². The molecule has 2 rings (SSSR count). The first-order valence-corrected chi connectivity index (χ1v) is 6.81. The van der Waals surface area contributed by atoms with E-state index in [2.05, 4.69) is 33.9 Å². The molecule has 0 bridgehead atoms. The molecule has 1 aromatic heterocycles. The monoisotopic (exact) mass is 282 g/mol. The van der Waals surface area contributed by atoms with Crippen molar-refractivity contribution < 1.29 is 4.79 Å². The van der Waals surface area contributed by atoms with Crippen molar-refractivity contribution in [3.63, 3.8) is 0 Å². The quantitative estimate of drug-likeness (QED) is 0.625. The van der Waals surface area contributed by atoms with E-state index in [0.29, 0.717) is 23.2 Å². The molecular formula is C13H19ClN4O. The van der Waals surface area contributed by atoms with Gasteiger partial charge in [-0.1, -0.05) is 11.6 Å². The first kappa shape index (κ1) is 14.2. The number of hydrogen-bond donors (Lipinski definition) is 0. The number of aldehydes is 1. The molecule has 1 saturated heterocycles. The van der Waals surface area contributed by atoms with E-state index in [1.807, 2.05) is 0 Å². The molecule has 0 aliphatic carbocycles. The van der Waals surface area contributed by atoms with Gasteiger partial charge in [-0.3, -0.25) is 4.79 Å². The average Bonchev–Trinajstić information content (AvgIpc) is 2.38. The third kappa shape index (κ3) is 3.04. The highest BCUT2D eigenvalue weighted by Gasteiger charge is 2.25. The summed E-state index contributed by atoms with van der Waals surface area (Å²) in [5.41, 5.74) is 0.395. The first-order chi connectivity index (χ1) is 9.02. The number of carbonyl (C=O) groups is 1. The van der Waals surface area contributed by atoms with Gasteiger partial charge in [0.15, 0.2) is 6.29 Å². The summed E-state index contributed by atoms with van der Waals surface area (Å²) >= 11 is 6.03. The van der Waals surface area contributed by atoms with Crippen LogP contribution in [0.4, 0.5) is 5.82 Å². The topological polar surface area (TPSA) is 49.3 Å². The summed E-state index contributed by atoms with van der Waals surface area (Å²) in [6.45, 7) is 3.55. The van der Waals surface area contributed by atoms with E-state index in [0.717, 1.165) is 32.2 Å². The van der Waals surface area contributed by atoms with E-state index in [1.54, 1.807) is 6.92 Å². The smallest absolute Gasteiger partial charge is 0.156 e. The van der Waals surface area contributed by atoms with Crippen LogP contribution in [0.2, 0.25) is 5.15 Å². The molecule has 1 unspecified atom stereocenters. The molecular weight excluding hydrogens is 264 g/mol. The molecule has 5 nitrogen and oxygen atoms in total. The van der Waals surface area contributed by atoms with Crippen molar-refractivity contribution in [1.29, 1.82) is 0 Å². The number of aryl methyl sites for hydroxylation is 1. The molecule has 1 aliphatic heterocycles. The van der Waals surface area contributed by atoms with Gasteiger partial charge in [0.1, 0.15) is 16.8 Å². The van der Waals surface area contributed by atoms with Crippen molar-refractivity contribution in [2.45, 2.75) is 25.8 Å².